The Hall–Kier alpha value is -2.49. The highest BCUT2D eigenvalue weighted by Crippen LogP contribution is 2.22. The van der Waals surface area contributed by atoms with Gasteiger partial charge >= 0.3 is 0 Å². The third-order valence-corrected chi connectivity index (χ3v) is 2.91. The van der Waals surface area contributed by atoms with Gasteiger partial charge in [-0.3, -0.25) is 4.79 Å². The summed E-state index contributed by atoms with van der Waals surface area (Å²) >= 11 is 0. The molecule has 0 unspecified atom stereocenters. The third kappa shape index (κ3) is 2.85. The monoisotopic (exact) mass is 256 g/mol. The van der Waals surface area contributed by atoms with E-state index in [1.165, 1.54) is 12.1 Å². The van der Waals surface area contributed by atoms with Crippen molar-refractivity contribution in [2.45, 2.75) is 13.8 Å². The van der Waals surface area contributed by atoms with E-state index >= 15 is 0 Å². The summed E-state index contributed by atoms with van der Waals surface area (Å²) in [5.41, 5.74) is 8.97. The number of benzene rings is 2. The maximum absolute atomic E-state index is 12.1. The van der Waals surface area contributed by atoms with Gasteiger partial charge in [0.25, 0.3) is 5.91 Å². The van der Waals surface area contributed by atoms with Crippen molar-refractivity contribution in [3.05, 3.63) is 53.1 Å². The molecule has 4 N–H and O–H groups in total. The number of carbonyl (C=O) groups is 1. The quantitative estimate of drug-likeness (QED) is 0.571. The first-order chi connectivity index (χ1) is 8.97. The van der Waals surface area contributed by atoms with Crippen LogP contribution in [0.2, 0.25) is 0 Å². The molecule has 4 nitrogen and oxygen atoms in total. The number of amides is 1. The summed E-state index contributed by atoms with van der Waals surface area (Å²) in [6, 6.07) is 10.2. The average molecular weight is 256 g/mol. The lowest BCUT2D eigenvalue weighted by Gasteiger charge is -2.10. The molecule has 2 aromatic rings. The number of aromatic hydroxyl groups is 1. The molecule has 0 saturated carbocycles. The van der Waals surface area contributed by atoms with Gasteiger partial charge in [0.2, 0.25) is 0 Å². The molecule has 0 aromatic heterocycles. The first-order valence-electron chi connectivity index (χ1n) is 5.94. The van der Waals surface area contributed by atoms with E-state index in [9.17, 15) is 9.90 Å². The molecule has 98 valence electrons. The molecule has 0 heterocycles. The minimum absolute atomic E-state index is 0.0861. The van der Waals surface area contributed by atoms with E-state index in [1.54, 1.807) is 6.07 Å². The fraction of sp³-hybridized carbons (Fsp3) is 0.133. The van der Waals surface area contributed by atoms with E-state index in [-0.39, 0.29) is 17.2 Å². The van der Waals surface area contributed by atoms with Gasteiger partial charge in [-0.05, 0) is 49.2 Å². The fourth-order valence-corrected chi connectivity index (χ4v) is 1.80. The first kappa shape index (κ1) is 13.0. The summed E-state index contributed by atoms with van der Waals surface area (Å²) in [6.45, 7) is 3.86. The van der Waals surface area contributed by atoms with Crippen molar-refractivity contribution >= 4 is 17.3 Å². The van der Waals surface area contributed by atoms with Crippen molar-refractivity contribution in [2.75, 3.05) is 11.1 Å². The largest absolute Gasteiger partial charge is 0.507 e. The third-order valence-electron chi connectivity index (χ3n) is 2.91. The van der Waals surface area contributed by atoms with Crippen LogP contribution in [0, 0.1) is 13.8 Å². The molecule has 0 saturated heterocycles. The Kier molecular flexibility index (Phi) is 3.42. The number of hydrogen-bond donors (Lipinski definition) is 3. The molecule has 0 atom stereocenters. The molecule has 0 fully saturated rings. The standard InChI is InChI=1S/C15H16N2O2/c1-9-3-4-10(2)13(7-9)17-15(19)12-8-11(16)5-6-14(12)18/h3-8,18H,16H2,1-2H3,(H,17,19). The summed E-state index contributed by atoms with van der Waals surface area (Å²) in [5.74, 6) is -0.462. The fourth-order valence-electron chi connectivity index (χ4n) is 1.80. The molecule has 2 rings (SSSR count). The molecule has 4 heteroatoms. The molecule has 0 radical (unpaired) electrons. The number of carbonyl (C=O) groups excluding carboxylic acids is 1. The summed E-state index contributed by atoms with van der Waals surface area (Å²) in [4.78, 5) is 12.1. The molecule has 0 aliphatic rings. The number of nitrogens with one attached hydrogen (secondary N) is 1. The minimum Gasteiger partial charge on any atom is -0.507 e. The van der Waals surface area contributed by atoms with Crippen molar-refractivity contribution in [3.8, 4) is 5.75 Å². The highest BCUT2D eigenvalue weighted by Gasteiger charge is 2.12. The van der Waals surface area contributed by atoms with E-state index in [2.05, 4.69) is 5.32 Å². The van der Waals surface area contributed by atoms with Crippen LogP contribution in [0.5, 0.6) is 5.75 Å². The van der Waals surface area contributed by atoms with Crippen LogP contribution in [0.15, 0.2) is 36.4 Å². The van der Waals surface area contributed by atoms with Gasteiger partial charge in [-0.2, -0.15) is 0 Å². The number of rotatable bonds is 2. The van der Waals surface area contributed by atoms with Crippen LogP contribution < -0.4 is 11.1 Å². The van der Waals surface area contributed by atoms with Gasteiger partial charge in [0.15, 0.2) is 0 Å². The van der Waals surface area contributed by atoms with Crippen LogP contribution in [0.25, 0.3) is 0 Å². The van der Waals surface area contributed by atoms with Crippen LogP contribution in [0.1, 0.15) is 21.5 Å². The van der Waals surface area contributed by atoms with Crippen molar-refractivity contribution in [2.24, 2.45) is 0 Å². The zero-order chi connectivity index (χ0) is 14.0. The number of aryl methyl sites for hydroxylation is 2. The predicted octanol–water partition coefficient (Wildman–Crippen LogP) is 2.84. The van der Waals surface area contributed by atoms with Crippen LogP contribution >= 0.6 is 0 Å². The predicted molar refractivity (Wildman–Crippen MR) is 76.4 cm³/mol. The molecule has 0 aliphatic carbocycles. The zero-order valence-corrected chi connectivity index (χ0v) is 10.9. The Morgan fingerprint density at radius 3 is 2.63 bits per heavy atom. The van der Waals surface area contributed by atoms with Crippen LogP contribution in [-0.2, 0) is 0 Å². The van der Waals surface area contributed by atoms with Gasteiger partial charge in [0, 0.05) is 11.4 Å². The lowest BCUT2D eigenvalue weighted by atomic mass is 10.1. The minimum atomic E-state index is -0.376. The topological polar surface area (TPSA) is 75.4 Å². The lowest BCUT2D eigenvalue weighted by molar-refractivity contribution is 0.102. The van der Waals surface area contributed by atoms with Crippen LogP contribution in [0.3, 0.4) is 0 Å². The van der Waals surface area contributed by atoms with Crippen LogP contribution in [0.4, 0.5) is 11.4 Å². The average Bonchev–Trinajstić information content (AvgIpc) is 2.36. The number of nitrogens with two attached hydrogens (primary N) is 1. The van der Waals surface area contributed by atoms with E-state index < -0.39 is 0 Å². The van der Waals surface area contributed by atoms with Gasteiger partial charge in [0.1, 0.15) is 5.75 Å². The Morgan fingerprint density at radius 2 is 1.89 bits per heavy atom. The summed E-state index contributed by atoms with van der Waals surface area (Å²) in [7, 11) is 0. The SMILES string of the molecule is Cc1ccc(C)c(NC(=O)c2cc(N)ccc2O)c1. The van der Waals surface area contributed by atoms with E-state index in [0.717, 1.165) is 16.8 Å². The van der Waals surface area contributed by atoms with Crippen molar-refractivity contribution in [1.82, 2.24) is 0 Å². The molecule has 19 heavy (non-hydrogen) atoms. The highest BCUT2D eigenvalue weighted by molar-refractivity contribution is 6.07. The Bertz CT molecular complexity index is 636. The summed E-state index contributed by atoms with van der Waals surface area (Å²) in [6.07, 6.45) is 0. The van der Waals surface area contributed by atoms with Gasteiger partial charge in [-0.1, -0.05) is 12.1 Å². The molecule has 0 aliphatic heterocycles. The number of nitrogen functional groups attached to an aromatic ring is 1. The molecular formula is C15H16N2O2. The number of anilines is 2. The Balaban J connectivity index is 2.30. The lowest BCUT2D eigenvalue weighted by Crippen LogP contribution is -2.13. The second kappa shape index (κ2) is 5.02. The van der Waals surface area contributed by atoms with E-state index in [1.807, 2.05) is 32.0 Å². The maximum atomic E-state index is 12.1. The number of hydrogen-bond acceptors (Lipinski definition) is 3. The van der Waals surface area contributed by atoms with Gasteiger partial charge in [-0.25, -0.2) is 0 Å². The molecule has 0 bridgehead atoms. The van der Waals surface area contributed by atoms with E-state index in [4.69, 9.17) is 5.73 Å². The zero-order valence-electron chi connectivity index (χ0n) is 10.9. The Labute approximate surface area is 111 Å². The molecule has 1 amide bonds. The van der Waals surface area contributed by atoms with Crippen LogP contribution in [-0.4, -0.2) is 11.0 Å². The normalized spacial score (nSPS) is 10.2. The number of phenols is 1. The maximum Gasteiger partial charge on any atom is 0.259 e. The van der Waals surface area contributed by atoms with Gasteiger partial charge in [-0.15, -0.1) is 0 Å². The smallest absolute Gasteiger partial charge is 0.259 e. The molecular weight excluding hydrogens is 240 g/mol. The first-order valence-corrected chi connectivity index (χ1v) is 5.94. The summed E-state index contributed by atoms with van der Waals surface area (Å²) < 4.78 is 0. The molecule has 2 aromatic carbocycles. The summed E-state index contributed by atoms with van der Waals surface area (Å²) in [5, 5.41) is 12.5. The van der Waals surface area contributed by atoms with Crippen molar-refractivity contribution in [1.29, 1.82) is 0 Å². The van der Waals surface area contributed by atoms with E-state index in [0.29, 0.717) is 5.69 Å². The Morgan fingerprint density at radius 1 is 1.16 bits per heavy atom. The van der Waals surface area contributed by atoms with Crippen molar-refractivity contribution < 1.29 is 9.90 Å². The second-order valence-corrected chi connectivity index (χ2v) is 4.55. The van der Waals surface area contributed by atoms with Crippen molar-refractivity contribution in [3.63, 3.8) is 0 Å². The molecule has 0 spiro atoms. The number of phenolic OH excluding ortho intramolecular Hbond substituents is 1. The van der Waals surface area contributed by atoms with Gasteiger partial charge in [0.05, 0.1) is 5.56 Å². The second-order valence-electron chi connectivity index (χ2n) is 4.55. The highest BCUT2D eigenvalue weighted by atomic mass is 16.3. The van der Waals surface area contributed by atoms with Gasteiger partial charge < -0.3 is 16.2 Å².